The molecule has 0 radical (unpaired) electrons. The number of carbonyl (C=O) groups is 1. The van der Waals surface area contributed by atoms with Crippen molar-refractivity contribution in [2.75, 3.05) is 13.1 Å². The van der Waals surface area contributed by atoms with Gasteiger partial charge in [0.25, 0.3) is 0 Å². The highest BCUT2D eigenvalue weighted by Gasteiger charge is 2.01. The zero-order chi connectivity index (χ0) is 10.8. The number of hydroxylamine groups is 1. The van der Waals surface area contributed by atoms with Crippen molar-refractivity contribution in [3.05, 3.63) is 12.2 Å². The molecule has 4 nitrogen and oxygen atoms in total. The van der Waals surface area contributed by atoms with Crippen LogP contribution in [-0.2, 0) is 9.63 Å². The summed E-state index contributed by atoms with van der Waals surface area (Å²) < 4.78 is 0. The SMILES string of the molecule is C=C(C)C(=O)ONCCCCCCN. The van der Waals surface area contributed by atoms with Gasteiger partial charge in [0, 0.05) is 12.1 Å². The molecule has 0 aliphatic carbocycles. The van der Waals surface area contributed by atoms with E-state index in [0.29, 0.717) is 12.1 Å². The van der Waals surface area contributed by atoms with Gasteiger partial charge < -0.3 is 10.6 Å². The van der Waals surface area contributed by atoms with Crippen molar-refractivity contribution < 1.29 is 9.63 Å². The summed E-state index contributed by atoms with van der Waals surface area (Å²) in [6.07, 6.45) is 4.29. The Labute approximate surface area is 85.5 Å². The van der Waals surface area contributed by atoms with Gasteiger partial charge >= 0.3 is 5.97 Å². The summed E-state index contributed by atoms with van der Waals surface area (Å²) in [7, 11) is 0. The monoisotopic (exact) mass is 200 g/mol. The highest BCUT2D eigenvalue weighted by atomic mass is 16.7. The summed E-state index contributed by atoms with van der Waals surface area (Å²) in [4.78, 5) is 15.6. The normalized spacial score (nSPS) is 9.86. The Bertz CT molecular complexity index is 181. The van der Waals surface area contributed by atoms with Crippen molar-refractivity contribution in [3.63, 3.8) is 0 Å². The molecule has 14 heavy (non-hydrogen) atoms. The zero-order valence-corrected chi connectivity index (χ0v) is 8.84. The number of rotatable bonds is 8. The van der Waals surface area contributed by atoms with Crippen molar-refractivity contribution in [1.82, 2.24) is 5.48 Å². The number of nitrogens with one attached hydrogen (secondary N) is 1. The summed E-state index contributed by atoms with van der Waals surface area (Å²) in [6.45, 7) is 6.51. The lowest BCUT2D eigenvalue weighted by molar-refractivity contribution is -0.146. The van der Waals surface area contributed by atoms with E-state index in [4.69, 9.17) is 10.6 Å². The molecule has 0 saturated carbocycles. The van der Waals surface area contributed by atoms with Gasteiger partial charge in [0.1, 0.15) is 0 Å². The molecular formula is C10H20N2O2. The van der Waals surface area contributed by atoms with Crippen LogP contribution in [0.5, 0.6) is 0 Å². The molecule has 82 valence electrons. The van der Waals surface area contributed by atoms with Gasteiger partial charge in [-0.15, -0.1) is 0 Å². The lowest BCUT2D eigenvalue weighted by atomic mass is 10.2. The van der Waals surface area contributed by atoms with Crippen LogP contribution in [0.4, 0.5) is 0 Å². The van der Waals surface area contributed by atoms with E-state index in [9.17, 15) is 4.79 Å². The van der Waals surface area contributed by atoms with Crippen LogP contribution in [-0.4, -0.2) is 19.1 Å². The molecule has 0 aromatic heterocycles. The number of unbranched alkanes of at least 4 members (excludes halogenated alkanes) is 3. The van der Waals surface area contributed by atoms with Gasteiger partial charge in [-0.2, -0.15) is 5.48 Å². The summed E-state index contributed by atoms with van der Waals surface area (Å²) in [5.74, 6) is -0.396. The maximum atomic E-state index is 10.9. The van der Waals surface area contributed by atoms with Gasteiger partial charge in [-0.3, -0.25) is 0 Å². The predicted octanol–water partition coefficient (Wildman–Crippen LogP) is 1.13. The highest BCUT2D eigenvalue weighted by molar-refractivity contribution is 5.86. The molecule has 4 heteroatoms. The third-order valence-corrected chi connectivity index (χ3v) is 1.75. The molecule has 0 heterocycles. The van der Waals surface area contributed by atoms with Gasteiger partial charge in [-0.1, -0.05) is 19.4 Å². The van der Waals surface area contributed by atoms with Gasteiger partial charge in [0.05, 0.1) is 0 Å². The van der Waals surface area contributed by atoms with E-state index in [1.54, 1.807) is 6.92 Å². The standard InChI is InChI=1S/C10H20N2O2/c1-9(2)10(13)14-12-8-6-4-3-5-7-11/h12H,1,3-8,11H2,2H3. The van der Waals surface area contributed by atoms with Gasteiger partial charge in [0.15, 0.2) is 0 Å². The summed E-state index contributed by atoms with van der Waals surface area (Å²) in [5, 5.41) is 0. The van der Waals surface area contributed by atoms with E-state index in [0.717, 1.165) is 32.2 Å². The molecule has 0 aliphatic rings. The third-order valence-electron chi connectivity index (χ3n) is 1.75. The fourth-order valence-corrected chi connectivity index (χ4v) is 0.899. The van der Waals surface area contributed by atoms with Gasteiger partial charge in [-0.25, -0.2) is 4.79 Å². The summed E-state index contributed by atoms with van der Waals surface area (Å²) >= 11 is 0. The van der Waals surface area contributed by atoms with Crippen LogP contribution in [0.1, 0.15) is 32.6 Å². The molecule has 0 unspecified atom stereocenters. The van der Waals surface area contributed by atoms with Crippen LogP contribution in [0.25, 0.3) is 0 Å². The minimum atomic E-state index is -0.396. The minimum absolute atomic E-state index is 0.396. The van der Waals surface area contributed by atoms with Crippen molar-refractivity contribution in [3.8, 4) is 0 Å². The van der Waals surface area contributed by atoms with E-state index < -0.39 is 5.97 Å². The van der Waals surface area contributed by atoms with E-state index in [1.807, 2.05) is 0 Å². The fraction of sp³-hybridized carbons (Fsp3) is 0.700. The molecule has 0 spiro atoms. The molecule has 0 aromatic carbocycles. The first-order chi connectivity index (χ1) is 6.68. The van der Waals surface area contributed by atoms with Gasteiger partial charge in [-0.05, 0) is 26.3 Å². The zero-order valence-electron chi connectivity index (χ0n) is 8.84. The number of nitrogens with two attached hydrogens (primary N) is 1. The largest absolute Gasteiger partial charge is 0.367 e. The Morgan fingerprint density at radius 3 is 2.57 bits per heavy atom. The van der Waals surface area contributed by atoms with E-state index >= 15 is 0 Å². The van der Waals surface area contributed by atoms with E-state index in [2.05, 4.69) is 12.1 Å². The second-order valence-corrected chi connectivity index (χ2v) is 3.27. The summed E-state index contributed by atoms with van der Waals surface area (Å²) in [5.41, 5.74) is 8.35. The molecule has 0 bridgehead atoms. The Balaban J connectivity index is 3.13. The van der Waals surface area contributed by atoms with E-state index in [1.165, 1.54) is 0 Å². The molecule has 0 saturated heterocycles. The van der Waals surface area contributed by atoms with Crippen LogP contribution in [0.2, 0.25) is 0 Å². The first kappa shape index (κ1) is 13.1. The molecule has 0 atom stereocenters. The maximum absolute atomic E-state index is 10.9. The lowest BCUT2D eigenvalue weighted by Crippen LogP contribution is -2.21. The van der Waals surface area contributed by atoms with Gasteiger partial charge in [0.2, 0.25) is 0 Å². The molecule has 0 aromatic rings. The Hall–Kier alpha value is -0.870. The van der Waals surface area contributed by atoms with Crippen LogP contribution in [0, 0.1) is 0 Å². The summed E-state index contributed by atoms with van der Waals surface area (Å²) in [6, 6.07) is 0. The predicted molar refractivity (Wildman–Crippen MR) is 56.4 cm³/mol. The first-order valence-corrected chi connectivity index (χ1v) is 4.98. The second-order valence-electron chi connectivity index (χ2n) is 3.27. The van der Waals surface area contributed by atoms with Crippen LogP contribution in [0.3, 0.4) is 0 Å². The second kappa shape index (κ2) is 8.72. The van der Waals surface area contributed by atoms with Crippen LogP contribution < -0.4 is 11.2 Å². The Morgan fingerprint density at radius 1 is 1.36 bits per heavy atom. The Kier molecular flexibility index (Phi) is 8.17. The van der Waals surface area contributed by atoms with Crippen molar-refractivity contribution in [2.24, 2.45) is 5.73 Å². The molecule has 0 rings (SSSR count). The molecular weight excluding hydrogens is 180 g/mol. The molecule has 3 N–H and O–H groups in total. The fourth-order valence-electron chi connectivity index (χ4n) is 0.899. The van der Waals surface area contributed by atoms with Crippen molar-refractivity contribution in [1.29, 1.82) is 0 Å². The number of hydrogen-bond acceptors (Lipinski definition) is 4. The van der Waals surface area contributed by atoms with Crippen LogP contribution >= 0.6 is 0 Å². The minimum Gasteiger partial charge on any atom is -0.367 e. The third kappa shape index (κ3) is 7.76. The lowest BCUT2D eigenvalue weighted by Gasteiger charge is -2.04. The average Bonchev–Trinajstić information content (AvgIpc) is 2.16. The smallest absolute Gasteiger partial charge is 0.351 e. The number of hydrogen-bond donors (Lipinski definition) is 2. The highest BCUT2D eigenvalue weighted by Crippen LogP contribution is 1.97. The molecule has 0 amide bonds. The maximum Gasteiger partial charge on any atom is 0.351 e. The van der Waals surface area contributed by atoms with E-state index in [-0.39, 0.29) is 0 Å². The first-order valence-electron chi connectivity index (χ1n) is 4.98. The van der Waals surface area contributed by atoms with Crippen molar-refractivity contribution >= 4 is 5.97 Å². The quantitative estimate of drug-likeness (QED) is 0.350. The molecule has 0 aliphatic heterocycles. The van der Waals surface area contributed by atoms with Crippen LogP contribution in [0.15, 0.2) is 12.2 Å². The topological polar surface area (TPSA) is 64.3 Å². The number of carbonyl (C=O) groups excluding carboxylic acids is 1. The average molecular weight is 200 g/mol. The Morgan fingerprint density at radius 2 is 2.00 bits per heavy atom. The molecule has 0 fully saturated rings. The van der Waals surface area contributed by atoms with Crippen molar-refractivity contribution in [2.45, 2.75) is 32.6 Å².